The van der Waals surface area contributed by atoms with Crippen LogP contribution in [0, 0.1) is 0 Å². The van der Waals surface area contributed by atoms with Crippen molar-refractivity contribution in [3.8, 4) is 0 Å². The van der Waals surface area contributed by atoms with Gasteiger partial charge in [-0.1, -0.05) is 0 Å². The van der Waals surface area contributed by atoms with Gasteiger partial charge in [0.15, 0.2) is 0 Å². The van der Waals surface area contributed by atoms with Gasteiger partial charge in [-0.05, 0) is 0 Å². The zero-order valence-corrected chi connectivity index (χ0v) is 5.33. The van der Waals surface area contributed by atoms with Crippen LogP contribution >= 0.6 is 0 Å². The summed E-state index contributed by atoms with van der Waals surface area (Å²) >= 11 is 0. The summed E-state index contributed by atoms with van der Waals surface area (Å²) in [6.07, 6.45) is 0. The van der Waals surface area contributed by atoms with Gasteiger partial charge in [0.25, 0.3) is 0 Å². The van der Waals surface area contributed by atoms with Crippen LogP contribution in [-0.2, 0) is 32.7 Å². The van der Waals surface area contributed by atoms with Crippen molar-refractivity contribution in [2.24, 2.45) is 0 Å². The van der Waals surface area contributed by atoms with Crippen LogP contribution in [0.1, 0.15) is 0 Å². The van der Waals surface area contributed by atoms with Gasteiger partial charge < -0.3 is 15.1 Å². The van der Waals surface area contributed by atoms with Crippen LogP contribution in [0.4, 0.5) is 0 Å². The molecule has 3 nitrogen and oxygen atoms in total. The molecular weight excluding hydrogens is 148 g/mol. The summed E-state index contributed by atoms with van der Waals surface area (Å²) in [7, 11) is -2.17. The predicted octanol–water partition coefficient (Wildman–Crippen LogP) is -2.05. The molecule has 3 N–H and O–H groups in total. The van der Waals surface area contributed by atoms with Gasteiger partial charge in [-0.2, -0.15) is 0 Å². The number of hydrogen-bond donors (Lipinski definition) is 3. The summed E-state index contributed by atoms with van der Waals surface area (Å²) in [6, 6.07) is 0. The predicted molar refractivity (Wildman–Crippen MR) is 12.4 cm³/mol. The van der Waals surface area contributed by atoms with E-state index in [1.807, 2.05) is 0 Å². The van der Waals surface area contributed by atoms with Crippen molar-refractivity contribution in [1.82, 2.24) is 0 Å². The molecular formula is H3BO3Y. The SMILES string of the molecule is OB(O)O.[Y]. The van der Waals surface area contributed by atoms with E-state index >= 15 is 0 Å². The first-order valence-corrected chi connectivity index (χ1v) is 0.775. The fourth-order valence-corrected chi connectivity index (χ4v) is 0. The Bertz CT molecular complexity index is 11.6. The Hall–Kier alpha value is 1.05. The monoisotopic (exact) mass is 151 g/mol. The van der Waals surface area contributed by atoms with Crippen molar-refractivity contribution in [3.05, 3.63) is 0 Å². The third kappa shape index (κ3) is 42.7. The Morgan fingerprint density at radius 1 is 1.00 bits per heavy atom. The Kier molecular flexibility index (Phi) is 9.50. The van der Waals surface area contributed by atoms with Gasteiger partial charge in [0.1, 0.15) is 0 Å². The zero-order chi connectivity index (χ0) is 3.58. The largest absolute Gasteiger partial charge is 0.631 e. The molecule has 5 heavy (non-hydrogen) atoms. The molecule has 0 aliphatic heterocycles. The van der Waals surface area contributed by atoms with Gasteiger partial charge in [0, 0.05) is 32.7 Å². The quantitative estimate of drug-likeness (QED) is 0.349. The molecule has 0 unspecified atom stereocenters. The van der Waals surface area contributed by atoms with Gasteiger partial charge in [-0.25, -0.2) is 0 Å². The minimum atomic E-state index is -2.17. The van der Waals surface area contributed by atoms with E-state index in [1.165, 1.54) is 0 Å². The molecule has 0 saturated heterocycles. The van der Waals surface area contributed by atoms with Gasteiger partial charge in [0.2, 0.25) is 0 Å². The second-order valence-electron chi connectivity index (χ2n) is 0.346. The Morgan fingerprint density at radius 2 is 1.00 bits per heavy atom. The summed E-state index contributed by atoms with van der Waals surface area (Å²) < 4.78 is 0. The molecule has 5 heteroatoms. The first-order chi connectivity index (χ1) is 1.73. The summed E-state index contributed by atoms with van der Waals surface area (Å²) in [5.74, 6) is 0. The number of hydrogen-bond acceptors (Lipinski definition) is 3. The molecule has 0 rings (SSSR count). The topological polar surface area (TPSA) is 60.7 Å². The van der Waals surface area contributed by atoms with E-state index in [0.717, 1.165) is 0 Å². The third-order valence-electron chi connectivity index (χ3n) is 0. The first kappa shape index (κ1) is 9.41. The maximum atomic E-state index is 7.17. The van der Waals surface area contributed by atoms with Gasteiger partial charge >= 0.3 is 7.32 Å². The van der Waals surface area contributed by atoms with Crippen LogP contribution in [0.15, 0.2) is 0 Å². The van der Waals surface area contributed by atoms with E-state index in [9.17, 15) is 0 Å². The van der Waals surface area contributed by atoms with Crippen LogP contribution < -0.4 is 0 Å². The molecule has 0 aromatic heterocycles. The fraction of sp³-hybridized carbons (Fsp3) is 0. The molecule has 0 amide bonds. The first-order valence-electron chi connectivity index (χ1n) is 0.775. The van der Waals surface area contributed by atoms with Crippen molar-refractivity contribution >= 4 is 7.32 Å². The Balaban J connectivity index is 0. The van der Waals surface area contributed by atoms with Crippen LogP contribution in [0.5, 0.6) is 0 Å². The van der Waals surface area contributed by atoms with Gasteiger partial charge in [0.05, 0.1) is 0 Å². The maximum absolute atomic E-state index is 7.17. The second kappa shape index (κ2) is 5.05. The molecule has 27 valence electrons. The van der Waals surface area contributed by atoms with Crippen molar-refractivity contribution in [3.63, 3.8) is 0 Å². The van der Waals surface area contributed by atoms with E-state index in [0.29, 0.717) is 0 Å². The van der Waals surface area contributed by atoms with E-state index in [1.54, 1.807) is 0 Å². The van der Waals surface area contributed by atoms with Crippen molar-refractivity contribution in [2.75, 3.05) is 0 Å². The van der Waals surface area contributed by atoms with E-state index in [4.69, 9.17) is 15.1 Å². The molecule has 0 aromatic rings. The Morgan fingerprint density at radius 3 is 1.00 bits per heavy atom. The molecule has 0 saturated carbocycles. The zero-order valence-electron chi connectivity index (χ0n) is 2.50. The summed E-state index contributed by atoms with van der Waals surface area (Å²) in [4.78, 5) is 0. The van der Waals surface area contributed by atoms with Crippen LogP contribution in [0.25, 0.3) is 0 Å². The van der Waals surface area contributed by atoms with Crippen molar-refractivity contribution in [2.45, 2.75) is 0 Å². The van der Waals surface area contributed by atoms with Crippen LogP contribution in [0.2, 0.25) is 0 Å². The van der Waals surface area contributed by atoms with Crippen LogP contribution in [-0.4, -0.2) is 22.4 Å². The molecule has 0 atom stereocenters. The van der Waals surface area contributed by atoms with Crippen molar-refractivity contribution in [1.29, 1.82) is 0 Å². The molecule has 1 radical (unpaired) electrons. The van der Waals surface area contributed by atoms with Crippen molar-refractivity contribution < 1.29 is 47.8 Å². The van der Waals surface area contributed by atoms with Crippen LogP contribution in [0.3, 0.4) is 0 Å². The molecule has 0 aromatic carbocycles. The molecule has 0 aliphatic rings. The molecule has 0 heterocycles. The van der Waals surface area contributed by atoms with Gasteiger partial charge in [-0.15, -0.1) is 0 Å². The molecule has 0 aliphatic carbocycles. The average molecular weight is 151 g/mol. The van der Waals surface area contributed by atoms with E-state index < -0.39 is 7.32 Å². The molecule has 0 bridgehead atoms. The third-order valence-corrected chi connectivity index (χ3v) is 0. The summed E-state index contributed by atoms with van der Waals surface area (Å²) in [5, 5.41) is 21.5. The number of rotatable bonds is 0. The minimum Gasteiger partial charge on any atom is -0.402 e. The average Bonchev–Trinajstić information content (AvgIpc) is 0.811. The standard InChI is InChI=1S/BH3O3.Y/c2-1(3)4;/h2-4H;. The van der Waals surface area contributed by atoms with E-state index in [2.05, 4.69) is 0 Å². The molecule has 0 fully saturated rings. The fourth-order valence-electron chi connectivity index (χ4n) is 0. The van der Waals surface area contributed by atoms with Gasteiger partial charge in [-0.3, -0.25) is 0 Å². The summed E-state index contributed by atoms with van der Waals surface area (Å²) in [5.41, 5.74) is 0. The minimum absolute atomic E-state index is 0. The molecule has 0 spiro atoms. The smallest absolute Gasteiger partial charge is 0.402 e. The van der Waals surface area contributed by atoms with E-state index in [-0.39, 0.29) is 32.7 Å². The normalized spacial score (nSPS) is 5.40. The maximum Gasteiger partial charge on any atom is 0.631 e. The second-order valence-corrected chi connectivity index (χ2v) is 0.346. The summed E-state index contributed by atoms with van der Waals surface area (Å²) in [6.45, 7) is 0. The Labute approximate surface area is 55.1 Å².